The van der Waals surface area contributed by atoms with E-state index in [9.17, 15) is 0 Å². The summed E-state index contributed by atoms with van der Waals surface area (Å²) in [5.41, 5.74) is 0. The van der Waals surface area contributed by atoms with Crippen LogP contribution in [-0.4, -0.2) is 18.0 Å². The number of hydrogen-bond donors (Lipinski definition) is 0. The van der Waals surface area contributed by atoms with Crippen molar-refractivity contribution in [1.29, 1.82) is 0 Å². The first-order chi connectivity index (χ1) is 3.85. The number of rotatable bonds is 4. The standard InChI is InChI=1S/C7H16N/c1-4-7-8(5-2)6-3/h7H,4-6H2,1-3H3. The second kappa shape index (κ2) is 5.10. The molecule has 0 spiro atoms. The minimum Gasteiger partial charge on any atom is -0.299 e. The van der Waals surface area contributed by atoms with E-state index in [0.717, 1.165) is 19.5 Å². The maximum absolute atomic E-state index is 2.31. The molecule has 0 aliphatic heterocycles. The highest BCUT2D eigenvalue weighted by molar-refractivity contribution is 4.61. The Balaban J connectivity index is 3.07. The predicted molar refractivity (Wildman–Crippen MR) is 37.5 cm³/mol. The summed E-state index contributed by atoms with van der Waals surface area (Å²) in [6, 6.07) is 0. The van der Waals surface area contributed by atoms with Gasteiger partial charge in [-0.05, 0) is 19.5 Å². The van der Waals surface area contributed by atoms with Crippen LogP contribution < -0.4 is 0 Å². The van der Waals surface area contributed by atoms with Crippen LogP contribution >= 0.6 is 0 Å². The third kappa shape index (κ3) is 3.03. The fourth-order valence-electron chi connectivity index (χ4n) is 0.740. The summed E-state index contributed by atoms with van der Waals surface area (Å²) in [4.78, 5) is 2.31. The highest BCUT2D eigenvalue weighted by atomic mass is 15.1. The maximum atomic E-state index is 2.31. The topological polar surface area (TPSA) is 3.24 Å². The normalized spacial score (nSPS) is 10.5. The molecule has 0 amide bonds. The van der Waals surface area contributed by atoms with Gasteiger partial charge in [0.2, 0.25) is 0 Å². The zero-order valence-electron chi connectivity index (χ0n) is 6.15. The summed E-state index contributed by atoms with van der Waals surface area (Å²) in [6.45, 7) is 11.0. The second-order valence-electron chi connectivity index (χ2n) is 1.81. The van der Waals surface area contributed by atoms with Crippen LogP contribution in [-0.2, 0) is 0 Å². The van der Waals surface area contributed by atoms with Crippen molar-refractivity contribution in [2.45, 2.75) is 27.2 Å². The summed E-state index contributed by atoms with van der Waals surface area (Å²) in [7, 11) is 0. The van der Waals surface area contributed by atoms with E-state index in [0.29, 0.717) is 0 Å². The van der Waals surface area contributed by atoms with Crippen LogP contribution in [0.25, 0.3) is 0 Å². The quantitative estimate of drug-likeness (QED) is 0.539. The van der Waals surface area contributed by atoms with Crippen molar-refractivity contribution in [3.63, 3.8) is 0 Å². The molecule has 0 aromatic carbocycles. The first-order valence-corrected chi connectivity index (χ1v) is 3.42. The molecule has 1 radical (unpaired) electrons. The van der Waals surface area contributed by atoms with Gasteiger partial charge in [0.1, 0.15) is 0 Å². The van der Waals surface area contributed by atoms with Gasteiger partial charge in [-0.2, -0.15) is 0 Å². The maximum Gasteiger partial charge on any atom is 0.0248 e. The van der Waals surface area contributed by atoms with Crippen molar-refractivity contribution in [2.24, 2.45) is 0 Å². The third-order valence-electron chi connectivity index (χ3n) is 1.25. The molecule has 1 heteroatoms. The van der Waals surface area contributed by atoms with Gasteiger partial charge in [0.25, 0.3) is 0 Å². The fourth-order valence-corrected chi connectivity index (χ4v) is 0.740. The minimum absolute atomic E-state index is 1.14. The summed E-state index contributed by atoms with van der Waals surface area (Å²) < 4.78 is 0. The average Bonchev–Trinajstić information content (AvgIpc) is 1.83. The lowest BCUT2D eigenvalue weighted by atomic mass is 10.4. The van der Waals surface area contributed by atoms with Gasteiger partial charge < -0.3 is 0 Å². The molecule has 0 unspecified atom stereocenters. The van der Waals surface area contributed by atoms with Crippen molar-refractivity contribution < 1.29 is 0 Å². The smallest absolute Gasteiger partial charge is 0.0248 e. The molecule has 0 rings (SSSR count). The zero-order valence-corrected chi connectivity index (χ0v) is 6.15. The molecule has 0 fully saturated rings. The van der Waals surface area contributed by atoms with E-state index in [1.807, 2.05) is 0 Å². The summed E-state index contributed by atoms with van der Waals surface area (Å²) in [5.74, 6) is 0. The van der Waals surface area contributed by atoms with Gasteiger partial charge in [-0.1, -0.05) is 20.8 Å². The average molecular weight is 114 g/mol. The van der Waals surface area contributed by atoms with Crippen molar-refractivity contribution in [3.8, 4) is 0 Å². The third-order valence-corrected chi connectivity index (χ3v) is 1.25. The lowest BCUT2D eigenvalue weighted by Gasteiger charge is -2.14. The van der Waals surface area contributed by atoms with Crippen molar-refractivity contribution in [2.75, 3.05) is 13.1 Å². The zero-order chi connectivity index (χ0) is 6.41. The van der Waals surface area contributed by atoms with Gasteiger partial charge in [0.05, 0.1) is 0 Å². The van der Waals surface area contributed by atoms with Crippen LogP contribution in [0.1, 0.15) is 27.2 Å². The highest BCUT2D eigenvalue weighted by Crippen LogP contribution is 1.93. The van der Waals surface area contributed by atoms with Gasteiger partial charge in [-0.3, -0.25) is 4.90 Å². The minimum atomic E-state index is 1.14. The number of nitrogens with zero attached hydrogens (tertiary/aromatic N) is 1. The van der Waals surface area contributed by atoms with Crippen LogP contribution in [0.15, 0.2) is 0 Å². The van der Waals surface area contributed by atoms with Crippen molar-refractivity contribution in [3.05, 3.63) is 6.54 Å². The largest absolute Gasteiger partial charge is 0.299 e. The Hall–Kier alpha value is -0.0400. The monoisotopic (exact) mass is 114 g/mol. The molecule has 0 aromatic heterocycles. The van der Waals surface area contributed by atoms with E-state index in [-0.39, 0.29) is 0 Å². The van der Waals surface area contributed by atoms with E-state index in [1.165, 1.54) is 0 Å². The van der Waals surface area contributed by atoms with Crippen LogP contribution in [0, 0.1) is 6.54 Å². The van der Waals surface area contributed by atoms with Gasteiger partial charge >= 0.3 is 0 Å². The molecule has 0 aliphatic rings. The lowest BCUT2D eigenvalue weighted by Crippen LogP contribution is -2.18. The van der Waals surface area contributed by atoms with Crippen LogP contribution in [0.3, 0.4) is 0 Å². The van der Waals surface area contributed by atoms with Crippen molar-refractivity contribution >= 4 is 0 Å². The molecule has 49 valence electrons. The van der Waals surface area contributed by atoms with Gasteiger partial charge in [0.15, 0.2) is 0 Å². The molecule has 0 heterocycles. The van der Waals surface area contributed by atoms with Crippen LogP contribution in [0.2, 0.25) is 0 Å². The van der Waals surface area contributed by atoms with Gasteiger partial charge in [0, 0.05) is 6.54 Å². The van der Waals surface area contributed by atoms with Crippen molar-refractivity contribution in [1.82, 2.24) is 4.90 Å². The van der Waals surface area contributed by atoms with E-state index in [1.54, 1.807) is 0 Å². The first kappa shape index (κ1) is 7.96. The Morgan fingerprint density at radius 3 is 1.75 bits per heavy atom. The summed E-state index contributed by atoms with van der Waals surface area (Å²) >= 11 is 0. The number of hydrogen-bond acceptors (Lipinski definition) is 1. The lowest BCUT2D eigenvalue weighted by molar-refractivity contribution is 0.363. The summed E-state index contributed by atoms with van der Waals surface area (Å²) in [5, 5.41) is 0. The van der Waals surface area contributed by atoms with E-state index >= 15 is 0 Å². The Kier molecular flexibility index (Phi) is 5.08. The fraction of sp³-hybridized carbons (Fsp3) is 0.857. The highest BCUT2D eigenvalue weighted by Gasteiger charge is 1.93. The molecule has 0 saturated heterocycles. The van der Waals surface area contributed by atoms with Gasteiger partial charge in [-0.15, -0.1) is 0 Å². The van der Waals surface area contributed by atoms with E-state index < -0.39 is 0 Å². The second-order valence-corrected chi connectivity index (χ2v) is 1.81. The first-order valence-electron chi connectivity index (χ1n) is 3.42. The molecule has 0 aromatic rings. The molecule has 1 nitrogen and oxygen atoms in total. The Bertz CT molecular complexity index is 39.7. The SMILES string of the molecule is CC[CH]N(CC)CC. The molecule has 0 bridgehead atoms. The molecule has 0 N–H and O–H groups in total. The molecule has 8 heavy (non-hydrogen) atoms. The van der Waals surface area contributed by atoms with E-state index in [2.05, 4.69) is 32.2 Å². The predicted octanol–water partition coefficient (Wildman–Crippen LogP) is 1.90. The molecular weight excluding hydrogens is 98.1 g/mol. The Morgan fingerprint density at radius 2 is 1.62 bits per heavy atom. The molecule has 0 saturated carbocycles. The molecular formula is C7H16N. The molecule has 0 atom stereocenters. The molecule has 0 aliphatic carbocycles. The van der Waals surface area contributed by atoms with Crippen LogP contribution in [0.4, 0.5) is 0 Å². The Labute approximate surface area is 52.7 Å². The van der Waals surface area contributed by atoms with Gasteiger partial charge in [-0.25, -0.2) is 0 Å². The van der Waals surface area contributed by atoms with E-state index in [4.69, 9.17) is 0 Å². The Morgan fingerprint density at radius 1 is 1.12 bits per heavy atom. The summed E-state index contributed by atoms with van der Waals surface area (Å²) in [6.07, 6.45) is 1.15. The van der Waals surface area contributed by atoms with Crippen LogP contribution in [0.5, 0.6) is 0 Å².